The molecule has 7 heteroatoms. The molecule has 0 aliphatic carbocycles. The second kappa shape index (κ2) is 7.52. The van der Waals surface area contributed by atoms with Gasteiger partial charge in [0.2, 0.25) is 11.8 Å². The van der Waals surface area contributed by atoms with Crippen LogP contribution in [0.5, 0.6) is 0 Å². The highest BCUT2D eigenvalue weighted by atomic mass is 32.2. The normalized spacial score (nSPS) is 17.2. The van der Waals surface area contributed by atoms with Gasteiger partial charge in [0, 0.05) is 12.1 Å². The van der Waals surface area contributed by atoms with E-state index in [0.717, 1.165) is 21.9 Å². The summed E-state index contributed by atoms with van der Waals surface area (Å²) >= 11 is 0. The lowest BCUT2D eigenvalue weighted by Crippen LogP contribution is -2.45. The Morgan fingerprint density at radius 3 is 2.48 bits per heavy atom. The number of nitrogens with one attached hydrogen (secondary N) is 1. The molecule has 1 N–H and O–H groups in total. The van der Waals surface area contributed by atoms with E-state index in [2.05, 4.69) is 5.32 Å². The standard InChI is InChI=1S/C20H22N2O4S/c1-3-15-6-4-5-7-17(15)21-20(24)18-12-13-19(23)22(18)27(25,26)16-10-8-14(2)9-11-16/h4-11,18H,3,12-13H2,1-2H3,(H,21,24)/t18-/m0/s1. The zero-order valence-corrected chi connectivity index (χ0v) is 16.1. The molecule has 1 saturated heterocycles. The third kappa shape index (κ3) is 3.73. The van der Waals surface area contributed by atoms with E-state index in [1.807, 2.05) is 26.0 Å². The van der Waals surface area contributed by atoms with Gasteiger partial charge in [-0.3, -0.25) is 9.59 Å². The maximum Gasteiger partial charge on any atom is 0.267 e. The minimum absolute atomic E-state index is 0.00936. The van der Waals surface area contributed by atoms with E-state index in [0.29, 0.717) is 5.69 Å². The number of nitrogens with zero attached hydrogens (tertiary/aromatic N) is 1. The third-order valence-electron chi connectivity index (χ3n) is 4.70. The SMILES string of the molecule is CCc1ccccc1NC(=O)[C@@H]1CCC(=O)N1S(=O)(=O)c1ccc(C)cc1. The van der Waals surface area contributed by atoms with Crippen LogP contribution < -0.4 is 5.32 Å². The van der Waals surface area contributed by atoms with Crippen molar-refractivity contribution >= 4 is 27.5 Å². The number of benzene rings is 2. The molecule has 0 saturated carbocycles. The number of carbonyl (C=O) groups excluding carboxylic acids is 2. The number of aryl methyl sites for hydroxylation is 2. The van der Waals surface area contributed by atoms with Crippen LogP contribution in [0.4, 0.5) is 5.69 Å². The molecule has 2 aromatic rings. The van der Waals surface area contributed by atoms with Crippen molar-refractivity contribution in [1.29, 1.82) is 0 Å². The molecule has 2 aromatic carbocycles. The van der Waals surface area contributed by atoms with Crippen LogP contribution in [0.2, 0.25) is 0 Å². The summed E-state index contributed by atoms with van der Waals surface area (Å²) in [5.41, 5.74) is 2.49. The highest BCUT2D eigenvalue weighted by Crippen LogP contribution is 2.28. The quantitative estimate of drug-likeness (QED) is 0.856. The van der Waals surface area contributed by atoms with Gasteiger partial charge in [0.25, 0.3) is 10.0 Å². The van der Waals surface area contributed by atoms with Crippen LogP contribution in [0.25, 0.3) is 0 Å². The second-order valence-corrected chi connectivity index (χ2v) is 8.38. The van der Waals surface area contributed by atoms with E-state index in [1.54, 1.807) is 24.3 Å². The molecule has 2 amide bonds. The fraction of sp³-hybridized carbons (Fsp3) is 0.300. The summed E-state index contributed by atoms with van der Waals surface area (Å²) in [7, 11) is -4.08. The van der Waals surface area contributed by atoms with Gasteiger partial charge in [-0.1, -0.05) is 42.8 Å². The fourth-order valence-corrected chi connectivity index (χ4v) is 4.79. The molecule has 0 unspecified atom stereocenters. The first-order valence-corrected chi connectivity index (χ1v) is 10.3. The van der Waals surface area contributed by atoms with Gasteiger partial charge in [-0.05, 0) is 43.5 Å². The first-order chi connectivity index (χ1) is 12.8. The molecule has 27 heavy (non-hydrogen) atoms. The molecule has 0 radical (unpaired) electrons. The molecule has 6 nitrogen and oxygen atoms in total. The van der Waals surface area contributed by atoms with Crippen LogP contribution in [-0.4, -0.2) is 30.6 Å². The van der Waals surface area contributed by atoms with E-state index in [9.17, 15) is 18.0 Å². The predicted molar refractivity (Wildman–Crippen MR) is 103 cm³/mol. The van der Waals surface area contributed by atoms with Crippen molar-refractivity contribution in [1.82, 2.24) is 4.31 Å². The number of anilines is 1. The number of carbonyl (C=O) groups is 2. The number of sulfonamides is 1. The van der Waals surface area contributed by atoms with Crippen molar-refractivity contribution in [3.8, 4) is 0 Å². The molecular weight excluding hydrogens is 364 g/mol. The second-order valence-electron chi connectivity index (χ2n) is 6.56. The first-order valence-electron chi connectivity index (χ1n) is 8.87. The Kier molecular flexibility index (Phi) is 5.32. The molecule has 1 aliphatic heterocycles. The van der Waals surface area contributed by atoms with E-state index in [1.165, 1.54) is 12.1 Å². The van der Waals surface area contributed by atoms with Crippen LogP contribution in [0.1, 0.15) is 30.9 Å². The summed E-state index contributed by atoms with van der Waals surface area (Å²) in [6.45, 7) is 3.82. The number of hydrogen-bond donors (Lipinski definition) is 1. The highest BCUT2D eigenvalue weighted by molar-refractivity contribution is 7.89. The lowest BCUT2D eigenvalue weighted by Gasteiger charge is -2.24. The van der Waals surface area contributed by atoms with Gasteiger partial charge < -0.3 is 5.32 Å². The number of para-hydroxylation sites is 1. The third-order valence-corrected chi connectivity index (χ3v) is 6.54. The van der Waals surface area contributed by atoms with Crippen LogP contribution in [0.15, 0.2) is 53.4 Å². The molecule has 0 bridgehead atoms. The minimum atomic E-state index is -4.08. The Morgan fingerprint density at radius 2 is 1.81 bits per heavy atom. The van der Waals surface area contributed by atoms with Crippen molar-refractivity contribution in [3.63, 3.8) is 0 Å². The van der Waals surface area contributed by atoms with Gasteiger partial charge in [-0.15, -0.1) is 0 Å². The molecular formula is C20H22N2O4S. The van der Waals surface area contributed by atoms with Crippen LogP contribution in [-0.2, 0) is 26.0 Å². The van der Waals surface area contributed by atoms with Crippen molar-refractivity contribution in [2.45, 2.75) is 44.0 Å². The summed E-state index contributed by atoms with van der Waals surface area (Å²) in [6, 6.07) is 12.5. The Hall–Kier alpha value is -2.67. The molecule has 142 valence electrons. The lowest BCUT2D eigenvalue weighted by molar-refractivity contribution is -0.128. The molecule has 1 heterocycles. The molecule has 1 atom stereocenters. The summed E-state index contributed by atoms with van der Waals surface area (Å²) in [5, 5.41) is 2.79. The summed E-state index contributed by atoms with van der Waals surface area (Å²) in [5.74, 6) is -1.04. The summed E-state index contributed by atoms with van der Waals surface area (Å²) < 4.78 is 26.7. The number of amides is 2. The van der Waals surface area contributed by atoms with Crippen LogP contribution in [0.3, 0.4) is 0 Å². The maximum atomic E-state index is 13.0. The summed E-state index contributed by atoms with van der Waals surface area (Å²) in [6.07, 6.45) is 0.925. The van der Waals surface area contributed by atoms with Gasteiger partial charge in [0.15, 0.2) is 0 Å². The van der Waals surface area contributed by atoms with Crippen LogP contribution >= 0.6 is 0 Å². The fourth-order valence-electron chi connectivity index (χ4n) is 3.19. The van der Waals surface area contributed by atoms with Crippen LogP contribution in [0, 0.1) is 6.92 Å². The van der Waals surface area contributed by atoms with E-state index < -0.39 is 27.9 Å². The maximum absolute atomic E-state index is 13.0. The topological polar surface area (TPSA) is 83.6 Å². The zero-order valence-electron chi connectivity index (χ0n) is 15.3. The lowest BCUT2D eigenvalue weighted by atomic mass is 10.1. The van der Waals surface area contributed by atoms with Gasteiger partial charge >= 0.3 is 0 Å². The molecule has 0 spiro atoms. The zero-order chi connectivity index (χ0) is 19.6. The molecule has 3 rings (SSSR count). The Labute approximate surface area is 159 Å². The average Bonchev–Trinajstić information content (AvgIpc) is 3.05. The Balaban J connectivity index is 1.89. The van der Waals surface area contributed by atoms with Crippen molar-refractivity contribution in [2.75, 3.05) is 5.32 Å². The summed E-state index contributed by atoms with van der Waals surface area (Å²) in [4.78, 5) is 25.1. The van der Waals surface area contributed by atoms with Gasteiger partial charge in [-0.25, -0.2) is 12.7 Å². The van der Waals surface area contributed by atoms with Gasteiger partial charge in [0.1, 0.15) is 6.04 Å². The smallest absolute Gasteiger partial charge is 0.267 e. The monoisotopic (exact) mass is 386 g/mol. The Bertz CT molecular complexity index is 968. The average molecular weight is 386 g/mol. The van der Waals surface area contributed by atoms with E-state index in [-0.39, 0.29) is 17.7 Å². The van der Waals surface area contributed by atoms with E-state index >= 15 is 0 Å². The molecule has 1 fully saturated rings. The van der Waals surface area contributed by atoms with Crippen molar-refractivity contribution < 1.29 is 18.0 Å². The van der Waals surface area contributed by atoms with Crippen molar-refractivity contribution in [3.05, 3.63) is 59.7 Å². The number of hydrogen-bond acceptors (Lipinski definition) is 4. The van der Waals surface area contributed by atoms with E-state index in [4.69, 9.17) is 0 Å². The highest BCUT2D eigenvalue weighted by Gasteiger charge is 2.44. The Morgan fingerprint density at radius 1 is 1.15 bits per heavy atom. The first kappa shape index (κ1) is 19.1. The van der Waals surface area contributed by atoms with Gasteiger partial charge in [0.05, 0.1) is 4.90 Å². The van der Waals surface area contributed by atoms with Crippen molar-refractivity contribution in [2.24, 2.45) is 0 Å². The molecule has 1 aliphatic rings. The largest absolute Gasteiger partial charge is 0.324 e. The molecule has 0 aromatic heterocycles. The van der Waals surface area contributed by atoms with Gasteiger partial charge in [-0.2, -0.15) is 0 Å². The predicted octanol–water partition coefficient (Wildman–Crippen LogP) is 2.88. The minimum Gasteiger partial charge on any atom is -0.324 e. The number of rotatable bonds is 5.